The van der Waals surface area contributed by atoms with Gasteiger partial charge in [0.05, 0.1) is 13.2 Å². The Morgan fingerprint density at radius 3 is 2.12 bits per heavy atom. The van der Waals surface area contributed by atoms with Crippen LogP contribution in [0.4, 0.5) is 0 Å². The molecule has 138 valence electrons. The van der Waals surface area contributed by atoms with Gasteiger partial charge < -0.3 is 31.9 Å². The summed E-state index contributed by atoms with van der Waals surface area (Å²) in [6, 6.07) is -3.30. The van der Waals surface area contributed by atoms with E-state index in [-0.39, 0.29) is 11.7 Å². The van der Waals surface area contributed by atoms with Crippen LogP contribution in [0.15, 0.2) is 0 Å². The number of aliphatic carboxylic acids is 1. The minimum atomic E-state index is -1.18. The van der Waals surface area contributed by atoms with Crippen molar-refractivity contribution in [2.24, 2.45) is 11.7 Å². The summed E-state index contributed by atoms with van der Waals surface area (Å²) >= 11 is 3.92. The van der Waals surface area contributed by atoms with Gasteiger partial charge in [-0.15, -0.1) is 0 Å². The van der Waals surface area contributed by atoms with E-state index in [1.807, 2.05) is 0 Å². The maximum absolute atomic E-state index is 11.9. The summed E-state index contributed by atoms with van der Waals surface area (Å²) in [6.45, 7) is 2.23. The van der Waals surface area contributed by atoms with E-state index < -0.39 is 55.0 Å². The fraction of sp³-hybridized carbons (Fsp3) is 0.692. The van der Waals surface area contributed by atoms with Crippen LogP contribution in [0, 0.1) is 5.92 Å². The molecule has 3 amide bonds. The third kappa shape index (κ3) is 7.62. The molecule has 0 aliphatic rings. The van der Waals surface area contributed by atoms with Crippen LogP contribution in [0.5, 0.6) is 0 Å². The molecule has 0 aromatic heterocycles. The molecule has 0 aliphatic carbocycles. The zero-order valence-electron chi connectivity index (χ0n) is 13.5. The van der Waals surface area contributed by atoms with Crippen molar-refractivity contribution in [1.29, 1.82) is 0 Å². The lowest BCUT2D eigenvalue weighted by Gasteiger charge is -2.20. The third-order valence-electron chi connectivity index (χ3n) is 3.02. The first-order chi connectivity index (χ1) is 11.1. The zero-order valence-corrected chi connectivity index (χ0v) is 14.4. The largest absolute Gasteiger partial charge is 0.480 e. The van der Waals surface area contributed by atoms with Crippen molar-refractivity contribution >= 4 is 36.3 Å². The predicted octanol–water partition coefficient (Wildman–Crippen LogP) is -2.94. The van der Waals surface area contributed by atoms with Crippen molar-refractivity contribution in [1.82, 2.24) is 16.0 Å². The number of hydrogen-bond acceptors (Lipinski definition) is 7. The lowest BCUT2D eigenvalue weighted by atomic mass is 10.1. The van der Waals surface area contributed by atoms with Crippen LogP contribution in [0.3, 0.4) is 0 Å². The van der Waals surface area contributed by atoms with Crippen molar-refractivity contribution in [2.45, 2.75) is 32.0 Å². The second kappa shape index (κ2) is 10.8. The van der Waals surface area contributed by atoms with Crippen LogP contribution in [0.25, 0.3) is 0 Å². The molecule has 24 heavy (non-hydrogen) atoms. The molecule has 11 heteroatoms. The first kappa shape index (κ1) is 22.1. The standard InChI is InChI=1S/C13H24N4O6S/c1-6(2)10(13(22)23)17-9(19)3-15-12(21)8(5-24)16-11(20)7(14)4-18/h6-8,10,18,24H,3-5,14H2,1-2H3,(H,15,21)(H,16,20)(H,17,19)(H,22,23). The Hall–Kier alpha value is -1.85. The Kier molecular flexibility index (Phi) is 10.0. The van der Waals surface area contributed by atoms with Crippen molar-refractivity contribution in [3.63, 3.8) is 0 Å². The highest BCUT2D eigenvalue weighted by Crippen LogP contribution is 2.01. The fourth-order valence-corrected chi connectivity index (χ4v) is 1.84. The van der Waals surface area contributed by atoms with Gasteiger partial charge in [-0.3, -0.25) is 14.4 Å². The molecule has 3 unspecified atom stereocenters. The van der Waals surface area contributed by atoms with E-state index in [1.165, 1.54) is 0 Å². The number of carboxylic acid groups (broad SMARTS) is 1. The van der Waals surface area contributed by atoms with Crippen LogP contribution >= 0.6 is 12.6 Å². The van der Waals surface area contributed by atoms with Gasteiger partial charge in [-0.2, -0.15) is 12.6 Å². The number of rotatable bonds is 10. The molecule has 3 atom stereocenters. The van der Waals surface area contributed by atoms with E-state index >= 15 is 0 Å². The molecule has 0 bridgehead atoms. The van der Waals surface area contributed by atoms with Crippen LogP contribution in [-0.4, -0.2) is 70.9 Å². The van der Waals surface area contributed by atoms with Crippen molar-refractivity contribution in [3.8, 4) is 0 Å². The van der Waals surface area contributed by atoms with E-state index in [9.17, 15) is 19.2 Å². The van der Waals surface area contributed by atoms with Crippen LogP contribution in [0.2, 0.25) is 0 Å². The number of carbonyl (C=O) groups is 4. The summed E-state index contributed by atoms with van der Waals surface area (Å²) in [5.74, 6) is -3.66. The Balaban J connectivity index is 4.51. The topological polar surface area (TPSA) is 171 Å². The number of aliphatic hydroxyl groups is 1. The lowest BCUT2D eigenvalue weighted by molar-refractivity contribution is -0.143. The Bertz CT molecular complexity index is 473. The minimum Gasteiger partial charge on any atom is -0.480 e. The molecule has 0 aliphatic heterocycles. The maximum atomic E-state index is 11.9. The summed E-state index contributed by atoms with van der Waals surface area (Å²) in [7, 11) is 0. The fourth-order valence-electron chi connectivity index (χ4n) is 1.58. The van der Waals surface area contributed by atoms with E-state index in [4.69, 9.17) is 15.9 Å². The average Bonchev–Trinajstić information content (AvgIpc) is 2.53. The van der Waals surface area contributed by atoms with Gasteiger partial charge in [-0.25, -0.2) is 4.79 Å². The molecule has 0 fully saturated rings. The molecule has 7 N–H and O–H groups in total. The molecule has 0 aromatic rings. The van der Waals surface area contributed by atoms with Crippen molar-refractivity contribution < 1.29 is 29.4 Å². The smallest absolute Gasteiger partial charge is 0.326 e. The number of carbonyl (C=O) groups excluding carboxylic acids is 3. The van der Waals surface area contributed by atoms with E-state index in [2.05, 4.69) is 28.6 Å². The quantitative estimate of drug-likeness (QED) is 0.203. The highest BCUT2D eigenvalue weighted by Gasteiger charge is 2.25. The summed E-state index contributed by atoms with van der Waals surface area (Å²) in [5.41, 5.74) is 5.31. The summed E-state index contributed by atoms with van der Waals surface area (Å²) in [4.78, 5) is 46.1. The van der Waals surface area contributed by atoms with Gasteiger partial charge >= 0.3 is 5.97 Å². The number of nitrogens with two attached hydrogens (primary N) is 1. The van der Waals surface area contributed by atoms with Crippen LogP contribution in [-0.2, 0) is 19.2 Å². The maximum Gasteiger partial charge on any atom is 0.326 e. The monoisotopic (exact) mass is 364 g/mol. The molecule has 0 heterocycles. The molecular formula is C13H24N4O6S. The van der Waals surface area contributed by atoms with E-state index in [0.717, 1.165) is 0 Å². The molecular weight excluding hydrogens is 340 g/mol. The van der Waals surface area contributed by atoms with Gasteiger partial charge in [0.2, 0.25) is 17.7 Å². The predicted molar refractivity (Wildman–Crippen MR) is 88.3 cm³/mol. The van der Waals surface area contributed by atoms with Gasteiger partial charge in [0.25, 0.3) is 0 Å². The second-order valence-electron chi connectivity index (χ2n) is 5.38. The number of nitrogens with one attached hydrogen (secondary N) is 3. The van der Waals surface area contributed by atoms with Crippen LogP contribution in [0.1, 0.15) is 13.8 Å². The Labute approximate surface area is 144 Å². The molecule has 0 radical (unpaired) electrons. The highest BCUT2D eigenvalue weighted by atomic mass is 32.1. The number of amides is 3. The zero-order chi connectivity index (χ0) is 18.9. The second-order valence-corrected chi connectivity index (χ2v) is 5.74. The molecule has 10 nitrogen and oxygen atoms in total. The number of thiol groups is 1. The van der Waals surface area contributed by atoms with Crippen LogP contribution < -0.4 is 21.7 Å². The summed E-state index contributed by atoms with van der Waals surface area (Å²) in [6.07, 6.45) is 0. The van der Waals surface area contributed by atoms with Crippen molar-refractivity contribution in [2.75, 3.05) is 18.9 Å². The normalized spacial score (nSPS) is 14.4. The Morgan fingerprint density at radius 2 is 1.71 bits per heavy atom. The molecule has 0 spiro atoms. The Morgan fingerprint density at radius 1 is 1.12 bits per heavy atom. The van der Waals surface area contributed by atoms with Gasteiger partial charge in [0.15, 0.2) is 0 Å². The van der Waals surface area contributed by atoms with Gasteiger partial charge in [-0.05, 0) is 5.92 Å². The molecule has 0 aromatic carbocycles. The summed E-state index contributed by atoms with van der Waals surface area (Å²) < 4.78 is 0. The van der Waals surface area contributed by atoms with E-state index in [1.54, 1.807) is 13.8 Å². The summed E-state index contributed by atoms with van der Waals surface area (Å²) in [5, 5.41) is 24.6. The molecule has 0 rings (SSSR count). The first-order valence-electron chi connectivity index (χ1n) is 7.21. The number of aliphatic hydroxyl groups excluding tert-OH is 1. The lowest BCUT2D eigenvalue weighted by Crippen LogP contribution is -2.55. The highest BCUT2D eigenvalue weighted by molar-refractivity contribution is 7.80. The average molecular weight is 364 g/mol. The SMILES string of the molecule is CC(C)C(NC(=O)CNC(=O)C(CS)NC(=O)C(N)CO)C(=O)O. The van der Waals surface area contributed by atoms with Gasteiger partial charge in [0, 0.05) is 5.75 Å². The minimum absolute atomic E-state index is 0.0545. The number of carboxylic acids is 1. The number of hydrogen-bond donors (Lipinski definition) is 7. The van der Waals surface area contributed by atoms with Gasteiger partial charge in [-0.1, -0.05) is 13.8 Å². The molecule has 0 saturated heterocycles. The van der Waals surface area contributed by atoms with Gasteiger partial charge in [0.1, 0.15) is 18.1 Å². The first-order valence-corrected chi connectivity index (χ1v) is 7.84. The third-order valence-corrected chi connectivity index (χ3v) is 3.39. The van der Waals surface area contributed by atoms with E-state index in [0.29, 0.717) is 0 Å². The molecule has 0 saturated carbocycles. The van der Waals surface area contributed by atoms with Crippen molar-refractivity contribution in [3.05, 3.63) is 0 Å².